The summed E-state index contributed by atoms with van der Waals surface area (Å²) in [4.78, 5) is 10.4. The van der Waals surface area contributed by atoms with Gasteiger partial charge in [0.2, 0.25) is 5.91 Å². The molecule has 0 saturated heterocycles. The maximum Gasteiger partial charge on any atom is 0.220 e. The summed E-state index contributed by atoms with van der Waals surface area (Å²) in [6, 6.07) is 0. The summed E-state index contributed by atoms with van der Waals surface area (Å²) >= 11 is 0. The van der Waals surface area contributed by atoms with Gasteiger partial charge in [0.1, 0.15) is 7.85 Å². The van der Waals surface area contributed by atoms with Crippen molar-refractivity contribution in [2.24, 2.45) is 0 Å². The first-order valence-corrected chi connectivity index (χ1v) is 3.16. The zero-order valence-electron chi connectivity index (χ0n) is 5.82. The molecule has 0 aromatic rings. The third kappa shape index (κ3) is 1.34. The van der Waals surface area contributed by atoms with E-state index >= 15 is 0 Å². The van der Waals surface area contributed by atoms with E-state index in [-0.39, 0.29) is 5.91 Å². The summed E-state index contributed by atoms with van der Waals surface area (Å²) in [7, 11) is 2.05. The third-order valence-corrected chi connectivity index (χ3v) is 1.59. The second-order valence-corrected chi connectivity index (χ2v) is 2.44. The molecular formula is C6H10BNO. The van der Waals surface area contributed by atoms with E-state index in [2.05, 4.69) is 13.2 Å². The van der Waals surface area contributed by atoms with Gasteiger partial charge in [-0.05, 0) is 12.8 Å². The Morgan fingerprint density at radius 3 is 2.44 bits per heavy atom. The molecule has 0 heterocycles. The van der Waals surface area contributed by atoms with Crippen LogP contribution in [0.25, 0.3) is 0 Å². The fraction of sp³-hybridized carbons (Fsp3) is 0.500. The third-order valence-electron chi connectivity index (χ3n) is 1.59. The van der Waals surface area contributed by atoms with Crippen LogP contribution < -0.4 is 5.32 Å². The first-order chi connectivity index (χ1) is 4.20. The quantitative estimate of drug-likeness (QED) is 0.479. The Bertz CT molecular complexity index is 174. The molecule has 2 nitrogen and oxygen atoms in total. The molecule has 1 rings (SSSR count). The summed E-state index contributed by atoms with van der Waals surface area (Å²) < 4.78 is 0. The van der Waals surface area contributed by atoms with Gasteiger partial charge < -0.3 is 5.32 Å². The van der Waals surface area contributed by atoms with Gasteiger partial charge in [-0.2, -0.15) is 0 Å². The van der Waals surface area contributed by atoms with Gasteiger partial charge in [-0.25, -0.2) is 0 Å². The number of nitrogens with one attached hydrogen (secondary N) is 1. The molecule has 0 saturated carbocycles. The molecular weight excluding hydrogens is 113 g/mol. The Balaban J connectivity index is 2.46. The van der Waals surface area contributed by atoms with Crippen LogP contribution >= 0.6 is 0 Å². The molecule has 0 atom stereocenters. The number of carbonyl (C=O) groups excluding carboxylic acids is 1. The maximum absolute atomic E-state index is 10.4. The second-order valence-electron chi connectivity index (χ2n) is 2.44. The van der Waals surface area contributed by atoms with Crippen LogP contribution in [0, 0.1) is 0 Å². The fourth-order valence-corrected chi connectivity index (χ4v) is 0.882. The molecule has 1 aliphatic carbocycles. The highest BCUT2D eigenvalue weighted by atomic mass is 16.1. The van der Waals surface area contributed by atoms with Crippen LogP contribution in [-0.4, -0.2) is 13.8 Å². The molecule has 1 aliphatic rings. The van der Waals surface area contributed by atoms with E-state index in [0.717, 1.165) is 18.5 Å². The van der Waals surface area contributed by atoms with Gasteiger partial charge in [-0.1, -0.05) is 5.47 Å². The topological polar surface area (TPSA) is 29.1 Å². The summed E-state index contributed by atoms with van der Waals surface area (Å²) in [6.45, 7) is 1.54. The number of amides is 1. The van der Waals surface area contributed by atoms with Crippen molar-refractivity contribution < 1.29 is 4.79 Å². The summed E-state index contributed by atoms with van der Waals surface area (Å²) in [5.74, 6) is 0.0454. The molecule has 3 heteroatoms. The Labute approximate surface area is 55.7 Å². The molecule has 0 aromatic carbocycles. The van der Waals surface area contributed by atoms with Crippen LogP contribution in [0.15, 0.2) is 11.2 Å². The van der Waals surface area contributed by atoms with Crippen molar-refractivity contribution >= 4 is 13.8 Å². The lowest BCUT2D eigenvalue weighted by Gasteiger charge is -2.20. The van der Waals surface area contributed by atoms with Crippen LogP contribution in [0.3, 0.4) is 0 Å². The Morgan fingerprint density at radius 1 is 1.67 bits per heavy atom. The second kappa shape index (κ2) is 2.25. The van der Waals surface area contributed by atoms with Crippen LogP contribution in [0.2, 0.25) is 0 Å². The maximum atomic E-state index is 10.4. The van der Waals surface area contributed by atoms with Gasteiger partial charge in [-0.15, -0.1) is 0 Å². The van der Waals surface area contributed by atoms with Crippen molar-refractivity contribution in [2.45, 2.75) is 19.8 Å². The highest BCUT2D eigenvalue weighted by molar-refractivity contribution is 6.23. The van der Waals surface area contributed by atoms with E-state index in [0.29, 0.717) is 0 Å². The van der Waals surface area contributed by atoms with Crippen molar-refractivity contribution in [3.8, 4) is 0 Å². The number of hydrogen-bond donors (Lipinski definition) is 1. The molecule has 1 N–H and O–H groups in total. The van der Waals surface area contributed by atoms with E-state index < -0.39 is 0 Å². The first kappa shape index (κ1) is 6.40. The number of hydrogen-bond acceptors (Lipinski definition) is 1. The predicted octanol–water partition coefficient (Wildman–Crippen LogP) is -0.239. The van der Waals surface area contributed by atoms with Gasteiger partial charge in [0.25, 0.3) is 0 Å². The van der Waals surface area contributed by atoms with Crippen molar-refractivity contribution in [1.82, 2.24) is 5.32 Å². The van der Waals surface area contributed by atoms with Crippen molar-refractivity contribution in [3.05, 3.63) is 11.2 Å². The molecule has 0 bridgehead atoms. The highest BCUT2D eigenvalue weighted by Crippen LogP contribution is 2.21. The molecule has 0 radical (unpaired) electrons. The number of allylic oxidation sites excluding steroid dienone is 2. The lowest BCUT2D eigenvalue weighted by molar-refractivity contribution is -0.118. The van der Waals surface area contributed by atoms with Crippen LogP contribution in [-0.2, 0) is 4.79 Å². The summed E-state index contributed by atoms with van der Waals surface area (Å²) in [5.41, 5.74) is 2.45. The van der Waals surface area contributed by atoms with Crippen LogP contribution in [0.4, 0.5) is 0 Å². The molecule has 1 amide bonds. The average Bonchev–Trinajstić information content (AvgIpc) is 1.79. The smallest absolute Gasteiger partial charge is 0.220 e. The van der Waals surface area contributed by atoms with E-state index in [4.69, 9.17) is 0 Å². The molecule has 48 valence electrons. The zero-order chi connectivity index (χ0) is 6.85. The Morgan fingerprint density at radius 2 is 2.33 bits per heavy atom. The molecule has 0 aliphatic heterocycles. The Kier molecular flexibility index (Phi) is 1.60. The monoisotopic (exact) mass is 123 g/mol. The Hall–Kier alpha value is -0.725. The summed E-state index contributed by atoms with van der Waals surface area (Å²) in [6.07, 6.45) is 2.20. The largest absolute Gasteiger partial charge is 0.331 e. The van der Waals surface area contributed by atoms with Crippen molar-refractivity contribution in [2.75, 3.05) is 0 Å². The lowest BCUT2D eigenvalue weighted by atomic mass is 9.79. The van der Waals surface area contributed by atoms with E-state index in [1.165, 1.54) is 5.47 Å². The average molecular weight is 123 g/mol. The minimum absolute atomic E-state index is 0.0454. The zero-order valence-corrected chi connectivity index (χ0v) is 5.82. The number of carbonyl (C=O) groups is 1. The van der Waals surface area contributed by atoms with Crippen molar-refractivity contribution in [3.63, 3.8) is 0 Å². The standard InChI is InChI=1S/C6H10BNO/c1-4(9)8-6-3-2-5(6)7/h2-3,7H2,1H3,(H,8,9). The van der Waals surface area contributed by atoms with E-state index in [1.807, 2.05) is 0 Å². The first-order valence-electron chi connectivity index (χ1n) is 3.16. The van der Waals surface area contributed by atoms with Gasteiger partial charge in [0, 0.05) is 12.6 Å². The highest BCUT2D eigenvalue weighted by Gasteiger charge is 2.12. The van der Waals surface area contributed by atoms with Gasteiger partial charge in [-0.3, -0.25) is 4.79 Å². The minimum atomic E-state index is 0.0454. The van der Waals surface area contributed by atoms with Crippen molar-refractivity contribution in [1.29, 1.82) is 0 Å². The SMILES string of the molecule is BC1=C(NC(C)=O)CC1. The molecule has 0 fully saturated rings. The van der Waals surface area contributed by atoms with E-state index in [9.17, 15) is 4.79 Å². The molecule has 0 aromatic heterocycles. The van der Waals surface area contributed by atoms with Gasteiger partial charge in [0.15, 0.2) is 0 Å². The molecule has 0 spiro atoms. The normalized spacial score (nSPS) is 17.0. The van der Waals surface area contributed by atoms with Gasteiger partial charge in [0.05, 0.1) is 0 Å². The predicted molar refractivity (Wildman–Crippen MR) is 38.6 cm³/mol. The minimum Gasteiger partial charge on any atom is -0.331 e. The lowest BCUT2D eigenvalue weighted by Crippen LogP contribution is -2.25. The number of rotatable bonds is 1. The van der Waals surface area contributed by atoms with E-state index in [1.54, 1.807) is 6.92 Å². The van der Waals surface area contributed by atoms with Gasteiger partial charge >= 0.3 is 0 Å². The molecule has 9 heavy (non-hydrogen) atoms. The molecule has 0 unspecified atom stereocenters. The fourth-order valence-electron chi connectivity index (χ4n) is 0.882. The van der Waals surface area contributed by atoms with Crippen LogP contribution in [0.1, 0.15) is 19.8 Å². The van der Waals surface area contributed by atoms with Crippen LogP contribution in [0.5, 0.6) is 0 Å². The summed E-state index contributed by atoms with van der Waals surface area (Å²) in [5, 5.41) is 2.77.